The summed E-state index contributed by atoms with van der Waals surface area (Å²) in [6, 6.07) is 0.377. The fourth-order valence-electron chi connectivity index (χ4n) is 3.90. The number of carbonyl (C=O) groups excluding carboxylic acids is 1. The molecule has 2 rings (SSSR count). The van der Waals surface area contributed by atoms with E-state index in [1.165, 1.54) is 32.1 Å². The molecular formula is C18H35IN4O. The smallest absolute Gasteiger partial charge is 0.239 e. The first kappa shape index (κ1) is 21.5. The average Bonchev–Trinajstić information content (AvgIpc) is 2.96. The van der Waals surface area contributed by atoms with Crippen LogP contribution >= 0.6 is 24.0 Å². The summed E-state index contributed by atoms with van der Waals surface area (Å²) in [6.45, 7) is 6.99. The molecule has 1 amide bonds. The molecule has 2 fully saturated rings. The lowest BCUT2D eigenvalue weighted by Crippen LogP contribution is -2.47. The monoisotopic (exact) mass is 450 g/mol. The maximum Gasteiger partial charge on any atom is 0.239 e. The number of rotatable bonds is 5. The molecule has 0 bridgehead atoms. The molecule has 2 N–H and O–H groups in total. The van der Waals surface area contributed by atoms with E-state index in [0.717, 1.165) is 43.7 Å². The first-order valence-electron chi connectivity index (χ1n) is 9.33. The number of likely N-dealkylation sites (tertiary alicyclic amines) is 1. The minimum Gasteiger partial charge on any atom is -0.352 e. The Morgan fingerprint density at radius 1 is 1.21 bits per heavy atom. The van der Waals surface area contributed by atoms with Crippen LogP contribution in [-0.4, -0.2) is 49.5 Å². The molecule has 1 saturated heterocycles. The SMILES string of the molecule is CN=C(NCC(=O)NC1CCCCC1)N1CCC(CC(C)C)C1.I. The molecule has 5 nitrogen and oxygen atoms in total. The fourth-order valence-corrected chi connectivity index (χ4v) is 3.90. The lowest BCUT2D eigenvalue weighted by Gasteiger charge is -2.24. The molecule has 1 aliphatic heterocycles. The predicted octanol–water partition coefficient (Wildman–Crippen LogP) is 3.00. The predicted molar refractivity (Wildman–Crippen MR) is 111 cm³/mol. The number of nitrogens with one attached hydrogen (secondary N) is 2. The van der Waals surface area contributed by atoms with Gasteiger partial charge in [0.2, 0.25) is 5.91 Å². The number of guanidine groups is 1. The maximum atomic E-state index is 12.1. The Bertz CT molecular complexity index is 408. The van der Waals surface area contributed by atoms with Crippen LogP contribution in [0.3, 0.4) is 0 Å². The van der Waals surface area contributed by atoms with E-state index < -0.39 is 0 Å². The number of aliphatic imine (C=N–C) groups is 1. The van der Waals surface area contributed by atoms with Crippen LogP contribution in [0.2, 0.25) is 0 Å². The van der Waals surface area contributed by atoms with E-state index in [1.807, 2.05) is 0 Å². The molecule has 1 atom stereocenters. The van der Waals surface area contributed by atoms with E-state index in [0.29, 0.717) is 12.6 Å². The zero-order chi connectivity index (χ0) is 16.7. The Morgan fingerprint density at radius 3 is 2.54 bits per heavy atom. The van der Waals surface area contributed by atoms with E-state index in [9.17, 15) is 4.79 Å². The molecule has 1 heterocycles. The van der Waals surface area contributed by atoms with Crippen LogP contribution in [0.25, 0.3) is 0 Å². The van der Waals surface area contributed by atoms with Crippen molar-refractivity contribution in [3.05, 3.63) is 0 Å². The van der Waals surface area contributed by atoms with Crippen molar-refractivity contribution in [2.75, 3.05) is 26.7 Å². The molecule has 1 aliphatic carbocycles. The number of hydrogen-bond donors (Lipinski definition) is 2. The second-order valence-corrected chi connectivity index (χ2v) is 7.53. The first-order valence-corrected chi connectivity index (χ1v) is 9.33. The highest BCUT2D eigenvalue weighted by atomic mass is 127. The van der Waals surface area contributed by atoms with Crippen LogP contribution in [0.4, 0.5) is 0 Å². The second-order valence-electron chi connectivity index (χ2n) is 7.53. The van der Waals surface area contributed by atoms with Crippen LogP contribution in [0.15, 0.2) is 4.99 Å². The quantitative estimate of drug-likeness (QED) is 0.385. The van der Waals surface area contributed by atoms with Crippen LogP contribution in [0, 0.1) is 11.8 Å². The molecular weight excluding hydrogens is 415 g/mol. The van der Waals surface area contributed by atoms with E-state index >= 15 is 0 Å². The average molecular weight is 450 g/mol. The normalized spacial score (nSPS) is 22.4. The van der Waals surface area contributed by atoms with Gasteiger partial charge in [-0.3, -0.25) is 9.79 Å². The summed E-state index contributed by atoms with van der Waals surface area (Å²) in [7, 11) is 1.80. The number of amides is 1. The third-order valence-electron chi connectivity index (χ3n) is 4.98. The van der Waals surface area contributed by atoms with Gasteiger partial charge in [-0.2, -0.15) is 0 Å². The third-order valence-corrected chi connectivity index (χ3v) is 4.98. The lowest BCUT2D eigenvalue weighted by molar-refractivity contribution is -0.120. The van der Waals surface area contributed by atoms with E-state index in [2.05, 4.69) is 34.4 Å². The van der Waals surface area contributed by atoms with E-state index in [4.69, 9.17) is 0 Å². The van der Waals surface area contributed by atoms with Crippen molar-refractivity contribution < 1.29 is 4.79 Å². The zero-order valence-electron chi connectivity index (χ0n) is 15.5. The van der Waals surface area contributed by atoms with Gasteiger partial charge in [-0.05, 0) is 37.5 Å². The molecule has 0 aromatic rings. The van der Waals surface area contributed by atoms with Crippen LogP contribution < -0.4 is 10.6 Å². The molecule has 0 aromatic heterocycles. The Morgan fingerprint density at radius 2 is 1.92 bits per heavy atom. The molecule has 0 spiro atoms. The van der Waals surface area contributed by atoms with Gasteiger partial charge in [0, 0.05) is 26.2 Å². The van der Waals surface area contributed by atoms with Gasteiger partial charge in [-0.15, -0.1) is 24.0 Å². The van der Waals surface area contributed by atoms with Gasteiger partial charge in [0.25, 0.3) is 0 Å². The molecule has 6 heteroatoms. The van der Waals surface area contributed by atoms with Gasteiger partial charge in [0.05, 0.1) is 6.54 Å². The number of nitrogens with zero attached hydrogens (tertiary/aromatic N) is 2. The van der Waals surface area contributed by atoms with Gasteiger partial charge >= 0.3 is 0 Å². The van der Waals surface area contributed by atoms with Crippen molar-refractivity contribution in [2.24, 2.45) is 16.8 Å². The standard InChI is InChI=1S/C18H34N4O.HI/c1-14(2)11-15-9-10-22(13-15)18(19-3)20-12-17(23)21-16-7-5-4-6-8-16;/h14-16H,4-13H2,1-3H3,(H,19,20)(H,21,23);1H. The van der Waals surface area contributed by atoms with Crippen molar-refractivity contribution in [2.45, 2.75) is 64.8 Å². The van der Waals surface area contributed by atoms with E-state index in [-0.39, 0.29) is 29.9 Å². The van der Waals surface area contributed by atoms with Gasteiger partial charge in [-0.1, -0.05) is 33.1 Å². The van der Waals surface area contributed by atoms with Crippen molar-refractivity contribution in [1.82, 2.24) is 15.5 Å². The highest BCUT2D eigenvalue weighted by molar-refractivity contribution is 14.0. The summed E-state index contributed by atoms with van der Waals surface area (Å²) in [5.41, 5.74) is 0. The number of hydrogen-bond acceptors (Lipinski definition) is 2. The highest BCUT2D eigenvalue weighted by Gasteiger charge is 2.25. The van der Waals surface area contributed by atoms with Crippen molar-refractivity contribution >= 4 is 35.8 Å². The Labute approximate surface area is 164 Å². The molecule has 0 radical (unpaired) electrons. The first-order chi connectivity index (χ1) is 11.1. The lowest BCUT2D eigenvalue weighted by atomic mass is 9.95. The molecule has 2 aliphatic rings. The summed E-state index contributed by atoms with van der Waals surface area (Å²) in [5.74, 6) is 2.46. The highest BCUT2D eigenvalue weighted by Crippen LogP contribution is 2.23. The molecule has 24 heavy (non-hydrogen) atoms. The number of halogens is 1. The van der Waals surface area contributed by atoms with Gasteiger partial charge < -0.3 is 15.5 Å². The maximum absolute atomic E-state index is 12.1. The minimum atomic E-state index is 0. The second kappa shape index (κ2) is 11.2. The summed E-state index contributed by atoms with van der Waals surface area (Å²) >= 11 is 0. The summed E-state index contributed by atoms with van der Waals surface area (Å²) in [4.78, 5) is 18.8. The summed E-state index contributed by atoms with van der Waals surface area (Å²) in [6.07, 6.45) is 8.55. The molecule has 1 unspecified atom stereocenters. The van der Waals surface area contributed by atoms with Crippen LogP contribution in [0.5, 0.6) is 0 Å². The molecule has 0 aromatic carbocycles. The van der Waals surface area contributed by atoms with E-state index in [1.54, 1.807) is 7.05 Å². The largest absolute Gasteiger partial charge is 0.352 e. The Hall–Kier alpha value is -0.530. The summed E-state index contributed by atoms with van der Waals surface area (Å²) < 4.78 is 0. The minimum absolute atomic E-state index is 0. The van der Waals surface area contributed by atoms with Crippen LogP contribution in [-0.2, 0) is 4.79 Å². The van der Waals surface area contributed by atoms with Gasteiger partial charge in [0.1, 0.15) is 0 Å². The molecule has 140 valence electrons. The molecule has 1 saturated carbocycles. The van der Waals surface area contributed by atoms with Crippen molar-refractivity contribution in [1.29, 1.82) is 0 Å². The zero-order valence-corrected chi connectivity index (χ0v) is 17.8. The Kier molecular flexibility index (Phi) is 10.0. The van der Waals surface area contributed by atoms with Crippen LogP contribution in [0.1, 0.15) is 58.8 Å². The van der Waals surface area contributed by atoms with Gasteiger partial charge in [-0.25, -0.2) is 0 Å². The summed E-state index contributed by atoms with van der Waals surface area (Å²) in [5, 5.41) is 6.39. The van der Waals surface area contributed by atoms with Gasteiger partial charge in [0.15, 0.2) is 5.96 Å². The number of carbonyl (C=O) groups is 1. The topological polar surface area (TPSA) is 56.7 Å². The van der Waals surface area contributed by atoms with Crippen molar-refractivity contribution in [3.8, 4) is 0 Å². The Balaban J connectivity index is 0.00000288. The van der Waals surface area contributed by atoms with Crippen molar-refractivity contribution in [3.63, 3.8) is 0 Å². The fraction of sp³-hybridized carbons (Fsp3) is 0.889. The third kappa shape index (κ3) is 7.15.